The smallest absolute Gasteiger partial charge is 0.213 e. The number of nitrogens with one attached hydrogen (secondary N) is 1. The third-order valence-electron chi connectivity index (χ3n) is 5.53. The third-order valence-corrected chi connectivity index (χ3v) is 6.21. The summed E-state index contributed by atoms with van der Waals surface area (Å²) in [5.41, 5.74) is 3.61. The average molecular weight is 433 g/mol. The van der Waals surface area contributed by atoms with Crippen LogP contribution in [0.5, 0.6) is 5.88 Å². The van der Waals surface area contributed by atoms with Crippen molar-refractivity contribution in [2.75, 3.05) is 13.2 Å². The molecule has 0 amide bonds. The van der Waals surface area contributed by atoms with E-state index in [-0.39, 0.29) is 18.3 Å². The van der Waals surface area contributed by atoms with E-state index in [4.69, 9.17) is 14.2 Å². The molecule has 0 spiro atoms. The van der Waals surface area contributed by atoms with Crippen LogP contribution in [0.25, 0.3) is 34.0 Å². The van der Waals surface area contributed by atoms with Gasteiger partial charge in [-0.3, -0.25) is 10.1 Å². The number of pyridine rings is 2. The van der Waals surface area contributed by atoms with Crippen LogP contribution in [0.2, 0.25) is 0 Å². The highest BCUT2D eigenvalue weighted by molar-refractivity contribution is 7.08. The van der Waals surface area contributed by atoms with Crippen LogP contribution in [0, 0.1) is 0 Å². The zero-order chi connectivity index (χ0) is 20.6. The molecular formula is C22H19N5O3S. The van der Waals surface area contributed by atoms with Gasteiger partial charge in [0.1, 0.15) is 6.10 Å². The average Bonchev–Trinajstić information content (AvgIpc) is 3.60. The van der Waals surface area contributed by atoms with Crippen LogP contribution >= 0.6 is 11.3 Å². The highest BCUT2D eigenvalue weighted by Gasteiger charge is 2.43. The Morgan fingerprint density at radius 1 is 1.00 bits per heavy atom. The topological polar surface area (TPSA) is 95.0 Å². The van der Waals surface area contributed by atoms with Crippen molar-refractivity contribution in [3.8, 4) is 39.9 Å². The number of ether oxygens (including phenoxy) is 3. The van der Waals surface area contributed by atoms with E-state index in [0.29, 0.717) is 24.1 Å². The number of nitrogens with zero attached hydrogens (tertiary/aromatic N) is 4. The SMILES string of the molecule is c1cc(-c2n[nH]c(-c3ccc(-c4ccc(OC5COC6CCOC65)nc4)nc3)n2)cs1. The second-order valence-corrected chi connectivity index (χ2v) is 8.27. The van der Waals surface area contributed by atoms with Crippen LogP contribution in [0.1, 0.15) is 6.42 Å². The molecule has 0 bridgehead atoms. The zero-order valence-corrected chi connectivity index (χ0v) is 17.3. The first-order valence-electron chi connectivity index (χ1n) is 10.1. The Hall–Kier alpha value is -3.14. The normalized spacial score (nSPS) is 22.5. The standard InChI is InChI=1S/C22H19N5O3S/c1-3-16(23-10-14(1)21-25-22(27-26-21)15-6-8-31-12-15)13-2-4-19(24-9-13)30-18-11-29-17-5-7-28-20(17)18/h1-4,6,8-10,12,17-18,20H,5,7,11H2,(H,25,26,27). The van der Waals surface area contributed by atoms with Crippen LogP contribution in [0.3, 0.4) is 0 Å². The van der Waals surface area contributed by atoms with E-state index in [9.17, 15) is 0 Å². The molecule has 0 radical (unpaired) electrons. The van der Waals surface area contributed by atoms with Crippen LogP contribution in [-0.2, 0) is 9.47 Å². The molecule has 2 aliphatic heterocycles. The van der Waals surface area contributed by atoms with Gasteiger partial charge in [0.15, 0.2) is 17.8 Å². The molecule has 0 saturated carbocycles. The van der Waals surface area contributed by atoms with E-state index < -0.39 is 0 Å². The van der Waals surface area contributed by atoms with E-state index in [2.05, 4.69) is 25.1 Å². The predicted molar refractivity (Wildman–Crippen MR) is 115 cm³/mol. The Morgan fingerprint density at radius 2 is 1.94 bits per heavy atom. The van der Waals surface area contributed by atoms with Crippen LogP contribution in [0.15, 0.2) is 53.5 Å². The van der Waals surface area contributed by atoms with Crippen molar-refractivity contribution in [1.29, 1.82) is 0 Å². The summed E-state index contributed by atoms with van der Waals surface area (Å²) in [7, 11) is 0. The number of hydrogen-bond acceptors (Lipinski definition) is 8. The summed E-state index contributed by atoms with van der Waals surface area (Å²) in [4.78, 5) is 13.6. The number of hydrogen-bond donors (Lipinski definition) is 1. The van der Waals surface area contributed by atoms with Gasteiger partial charge in [0.25, 0.3) is 0 Å². The molecule has 4 aromatic rings. The highest BCUT2D eigenvalue weighted by Crippen LogP contribution is 2.29. The number of aromatic nitrogens is 5. The van der Waals surface area contributed by atoms with Crippen molar-refractivity contribution >= 4 is 11.3 Å². The largest absolute Gasteiger partial charge is 0.469 e. The lowest BCUT2D eigenvalue weighted by Gasteiger charge is -2.17. The van der Waals surface area contributed by atoms with Gasteiger partial charge in [0.05, 0.1) is 18.4 Å². The quantitative estimate of drug-likeness (QED) is 0.514. The summed E-state index contributed by atoms with van der Waals surface area (Å²) < 4.78 is 17.4. The summed E-state index contributed by atoms with van der Waals surface area (Å²) in [6.45, 7) is 1.27. The molecule has 4 aromatic heterocycles. The molecule has 0 aromatic carbocycles. The van der Waals surface area contributed by atoms with E-state index in [1.807, 2.05) is 41.1 Å². The number of H-pyrrole nitrogens is 1. The van der Waals surface area contributed by atoms with Gasteiger partial charge in [-0.1, -0.05) is 0 Å². The van der Waals surface area contributed by atoms with Gasteiger partial charge >= 0.3 is 0 Å². The first-order valence-corrected chi connectivity index (χ1v) is 11.1. The first kappa shape index (κ1) is 18.6. The second kappa shape index (κ2) is 7.84. The van der Waals surface area contributed by atoms with Gasteiger partial charge in [-0.2, -0.15) is 16.4 Å². The second-order valence-electron chi connectivity index (χ2n) is 7.49. The molecule has 2 saturated heterocycles. The Balaban J connectivity index is 1.15. The molecule has 6 heterocycles. The van der Waals surface area contributed by atoms with Gasteiger partial charge in [-0.15, -0.1) is 0 Å². The third kappa shape index (κ3) is 3.60. The van der Waals surface area contributed by atoms with Gasteiger partial charge in [-0.05, 0) is 36.1 Å². The monoisotopic (exact) mass is 433 g/mol. The Bertz CT molecular complexity index is 1160. The lowest BCUT2D eigenvalue weighted by Crippen LogP contribution is -2.32. The molecule has 8 nitrogen and oxygen atoms in total. The number of fused-ring (bicyclic) bond motifs is 1. The van der Waals surface area contributed by atoms with Crippen LogP contribution in [-0.4, -0.2) is 56.7 Å². The zero-order valence-electron chi connectivity index (χ0n) is 16.5. The van der Waals surface area contributed by atoms with Crippen molar-refractivity contribution in [2.45, 2.75) is 24.7 Å². The van der Waals surface area contributed by atoms with E-state index in [1.54, 1.807) is 23.7 Å². The number of rotatable bonds is 5. The van der Waals surface area contributed by atoms with E-state index in [1.165, 1.54) is 0 Å². The lowest BCUT2D eigenvalue weighted by molar-refractivity contribution is 0.0289. The molecule has 156 valence electrons. The van der Waals surface area contributed by atoms with E-state index in [0.717, 1.165) is 35.4 Å². The van der Waals surface area contributed by atoms with Gasteiger partial charge in [0, 0.05) is 47.1 Å². The van der Waals surface area contributed by atoms with Crippen LogP contribution in [0.4, 0.5) is 0 Å². The molecule has 2 aliphatic rings. The summed E-state index contributed by atoms with van der Waals surface area (Å²) in [5.74, 6) is 1.93. The molecule has 1 N–H and O–H groups in total. The maximum atomic E-state index is 5.99. The summed E-state index contributed by atoms with van der Waals surface area (Å²) in [5, 5.41) is 11.3. The minimum atomic E-state index is -0.107. The molecule has 0 aliphatic carbocycles. The Labute approximate surface area is 182 Å². The fourth-order valence-corrected chi connectivity index (χ4v) is 4.54. The molecular weight excluding hydrogens is 414 g/mol. The number of aromatic amines is 1. The Kier molecular flexibility index (Phi) is 4.71. The maximum absolute atomic E-state index is 5.99. The molecule has 3 atom stereocenters. The lowest BCUT2D eigenvalue weighted by atomic mass is 10.1. The summed E-state index contributed by atoms with van der Waals surface area (Å²) >= 11 is 1.62. The van der Waals surface area contributed by atoms with Crippen molar-refractivity contribution < 1.29 is 14.2 Å². The fourth-order valence-electron chi connectivity index (χ4n) is 3.90. The van der Waals surface area contributed by atoms with Crippen LogP contribution < -0.4 is 4.74 Å². The number of thiophene rings is 1. The summed E-state index contributed by atoms with van der Waals surface area (Å²) in [6, 6.07) is 9.73. The fraction of sp³-hybridized carbons (Fsp3) is 0.273. The minimum absolute atomic E-state index is 0.00651. The minimum Gasteiger partial charge on any atom is -0.469 e. The summed E-state index contributed by atoms with van der Waals surface area (Å²) in [6.07, 6.45) is 4.53. The molecule has 6 rings (SSSR count). The van der Waals surface area contributed by atoms with Crippen molar-refractivity contribution in [3.05, 3.63) is 53.5 Å². The molecule has 31 heavy (non-hydrogen) atoms. The van der Waals surface area contributed by atoms with Crippen molar-refractivity contribution in [3.63, 3.8) is 0 Å². The van der Waals surface area contributed by atoms with Crippen molar-refractivity contribution in [2.24, 2.45) is 0 Å². The predicted octanol–water partition coefficient (Wildman–Crippen LogP) is 3.59. The molecule has 3 unspecified atom stereocenters. The highest BCUT2D eigenvalue weighted by atomic mass is 32.1. The molecule has 2 fully saturated rings. The van der Waals surface area contributed by atoms with Gasteiger partial charge in [-0.25, -0.2) is 9.97 Å². The Morgan fingerprint density at radius 3 is 2.74 bits per heavy atom. The van der Waals surface area contributed by atoms with Gasteiger partial charge in [0.2, 0.25) is 5.88 Å². The van der Waals surface area contributed by atoms with E-state index >= 15 is 0 Å². The van der Waals surface area contributed by atoms with Crippen molar-refractivity contribution in [1.82, 2.24) is 25.1 Å². The molecule has 9 heteroatoms. The first-order chi connectivity index (χ1) is 15.3. The van der Waals surface area contributed by atoms with Gasteiger partial charge < -0.3 is 14.2 Å². The maximum Gasteiger partial charge on any atom is 0.213 e.